The summed E-state index contributed by atoms with van der Waals surface area (Å²) in [6.45, 7) is 3.76. The molecular formula is C11H21IN4S2. The number of thioether (sulfide) groups is 1. The Bertz CT molecular complexity index is 368. The van der Waals surface area contributed by atoms with Gasteiger partial charge in [0.25, 0.3) is 0 Å². The Morgan fingerprint density at radius 2 is 2.33 bits per heavy atom. The first kappa shape index (κ1) is 18.0. The van der Waals surface area contributed by atoms with E-state index in [1.54, 1.807) is 11.3 Å². The van der Waals surface area contributed by atoms with Gasteiger partial charge in [0.2, 0.25) is 0 Å². The molecule has 0 saturated carbocycles. The maximum Gasteiger partial charge on any atom is 0.193 e. The highest BCUT2D eigenvalue weighted by atomic mass is 127. The van der Waals surface area contributed by atoms with Crippen LogP contribution in [0.15, 0.2) is 10.4 Å². The predicted molar refractivity (Wildman–Crippen MR) is 93.5 cm³/mol. The molecule has 4 nitrogen and oxygen atoms in total. The van der Waals surface area contributed by atoms with Crippen molar-refractivity contribution in [1.82, 2.24) is 15.2 Å². The number of hydrogen-bond donors (Lipinski definition) is 1. The average Bonchev–Trinajstić information content (AvgIpc) is 2.70. The molecule has 0 unspecified atom stereocenters. The Kier molecular flexibility index (Phi) is 9.84. The van der Waals surface area contributed by atoms with Crippen LogP contribution in [0.4, 0.5) is 0 Å². The summed E-state index contributed by atoms with van der Waals surface area (Å²) in [4.78, 5) is 10.8. The molecule has 0 aliphatic carbocycles. The fraction of sp³-hybridized carbons (Fsp3) is 0.636. The van der Waals surface area contributed by atoms with Gasteiger partial charge in [-0.25, -0.2) is 4.98 Å². The molecule has 1 heterocycles. The lowest BCUT2D eigenvalue weighted by Gasteiger charge is -2.20. The van der Waals surface area contributed by atoms with Gasteiger partial charge in [0, 0.05) is 31.8 Å². The maximum atomic E-state index is 4.45. The third-order valence-electron chi connectivity index (χ3n) is 2.23. The zero-order chi connectivity index (χ0) is 12.7. The van der Waals surface area contributed by atoms with Gasteiger partial charge in [-0.05, 0) is 13.2 Å². The first-order valence-corrected chi connectivity index (χ1v) is 7.76. The molecule has 18 heavy (non-hydrogen) atoms. The SMILES string of the molecule is CN=C(NCCSC)N(C)Cc1csc(C)n1.I. The Hall–Kier alpha value is -0.0200. The number of guanidine groups is 1. The van der Waals surface area contributed by atoms with Crippen molar-refractivity contribution in [2.45, 2.75) is 13.5 Å². The van der Waals surface area contributed by atoms with Gasteiger partial charge in [-0.15, -0.1) is 35.3 Å². The van der Waals surface area contributed by atoms with E-state index in [0.717, 1.165) is 35.5 Å². The summed E-state index contributed by atoms with van der Waals surface area (Å²) in [7, 11) is 3.84. The minimum atomic E-state index is 0. The number of aryl methyl sites for hydroxylation is 1. The van der Waals surface area contributed by atoms with Crippen LogP contribution in [0.25, 0.3) is 0 Å². The molecule has 0 aliphatic heterocycles. The van der Waals surface area contributed by atoms with Gasteiger partial charge in [0.15, 0.2) is 5.96 Å². The summed E-state index contributed by atoms with van der Waals surface area (Å²) in [6.07, 6.45) is 2.10. The second-order valence-electron chi connectivity index (χ2n) is 3.68. The number of aliphatic imine (C=N–C) groups is 1. The van der Waals surface area contributed by atoms with Crippen molar-refractivity contribution in [3.05, 3.63) is 16.1 Å². The molecule has 0 bridgehead atoms. The zero-order valence-corrected chi connectivity index (χ0v) is 15.2. The summed E-state index contributed by atoms with van der Waals surface area (Å²) >= 11 is 3.51. The van der Waals surface area contributed by atoms with Crippen LogP contribution in [0.2, 0.25) is 0 Å². The first-order valence-electron chi connectivity index (χ1n) is 5.49. The van der Waals surface area contributed by atoms with Gasteiger partial charge in [-0.2, -0.15) is 11.8 Å². The van der Waals surface area contributed by atoms with Crippen molar-refractivity contribution < 1.29 is 0 Å². The van der Waals surface area contributed by atoms with Gasteiger partial charge >= 0.3 is 0 Å². The van der Waals surface area contributed by atoms with Crippen LogP contribution in [0.1, 0.15) is 10.7 Å². The zero-order valence-electron chi connectivity index (χ0n) is 11.3. The quantitative estimate of drug-likeness (QED) is 0.357. The van der Waals surface area contributed by atoms with E-state index in [1.165, 1.54) is 0 Å². The minimum Gasteiger partial charge on any atom is -0.355 e. The Balaban J connectivity index is 0.00000289. The molecule has 0 aliphatic rings. The number of aromatic nitrogens is 1. The van der Waals surface area contributed by atoms with Crippen molar-refractivity contribution in [2.75, 3.05) is 32.6 Å². The molecule has 0 aromatic carbocycles. The average molecular weight is 400 g/mol. The first-order chi connectivity index (χ1) is 8.17. The molecule has 1 rings (SSSR count). The van der Waals surface area contributed by atoms with E-state index in [9.17, 15) is 0 Å². The number of halogens is 1. The summed E-state index contributed by atoms with van der Waals surface area (Å²) < 4.78 is 0. The molecule has 1 aromatic rings. The normalized spacial score (nSPS) is 11.0. The number of rotatable bonds is 5. The second kappa shape index (κ2) is 9.85. The van der Waals surface area contributed by atoms with Crippen LogP contribution in [-0.2, 0) is 6.54 Å². The lowest BCUT2D eigenvalue weighted by atomic mass is 10.4. The van der Waals surface area contributed by atoms with Crippen molar-refractivity contribution in [3.63, 3.8) is 0 Å². The molecule has 104 valence electrons. The monoisotopic (exact) mass is 400 g/mol. The highest BCUT2D eigenvalue weighted by Gasteiger charge is 2.07. The second-order valence-corrected chi connectivity index (χ2v) is 5.73. The molecule has 0 fully saturated rings. The molecule has 0 saturated heterocycles. The van der Waals surface area contributed by atoms with E-state index in [2.05, 4.69) is 31.8 Å². The minimum absolute atomic E-state index is 0. The smallest absolute Gasteiger partial charge is 0.193 e. The third-order valence-corrected chi connectivity index (χ3v) is 3.66. The summed E-state index contributed by atoms with van der Waals surface area (Å²) in [6, 6.07) is 0. The van der Waals surface area contributed by atoms with E-state index in [1.807, 2.05) is 32.8 Å². The highest BCUT2D eigenvalue weighted by molar-refractivity contribution is 14.0. The van der Waals surface area contributed by atoms with E-state index in [0.29, 0.717) is 0 Å². The van der Waals surface area contributed by atoms with Crippen LogP contribution in [0.5, 0.6) is 0 Å². The van der Waals surface area contributed by atoms with Crippen LogP contribution in [-0.4, -0.2) is 48.5 Å². The van der Waals surface area contributed by atoms with Crippen molar-refractivity contribution in [3.8, 4) is 0 Å². The molecule has 0 atom stereocenters. The lowest BCUT2D eigenvalue weighted by molar-refractivity contribution is 0.473. The van der Waals surface area contributed by atoms with Crippen LogP contribution in [0, 0.1) is 6.92 Å². The Morgan fingerprint density at radius 3 is 2.83 bits per heavy atom. The Morgan fingerprint density at radius 1 is 1.61 bits per heavy atom. The number of nitrogens with one attached hydrogen (secondary N) is 1. The van der Waals surface area contributed by atoms with Crippen LogP contribution >= 0.6 is 47.1 Å². The fourth-order valence-corrected chi connectivity index (χ4v) is 2.36. The van der Waals surface area contributed by atoms with Crippen molar-refractivity contribution >= 4 is 53.0 Å². The summed E-state index contributed by atoms with van der Waals surface area (Å²) in [5.74, 6) is 2.01. The van der Waals surface area contributed by atoms with E-state index in [-0.39, 0.29) is 24.0 Å². The van der Waals surface area contributed by atoms with E-state index >= 15 is 0 Å². The standard InChI is InChI=1S/C11H20N4S2.HI/c1-9-14-10(8-17-9)7-15(3)11(12-2)13-5-6-16-4;/h8H,5-7H2,1-4H3,(H,12,13);1H. The fourth-order valence-electron chi connectivity index (χ4n) is 1.45. The van der Waals surface area contributed by atoms with E-state index in [4.69, 9.17) is 0 Å². The molecule has 1 aromatic heterocycles. The van der Waals surface area contributed by atoms with Gasteiger partial charge in [-0.1, -0.05) is 0 Å². The van der Waals surface area contributed by atoms with Crippen molar-refractivity contribution in [2.24, 2.45) is 4.99 Å². The van der Waals surface area contributed by atoms with Crippen molar-refractivity contribution in [1.29, 1.82) is 0 Å². The number of nitrogens with zero attached hydrogens (tertiary/aromatic N) is 3. The number of hydrogen-bond acceptors (Lipinski definition) is 4. The highest BCUT2D eigenvalue weighted by Crippen LogP contribution is 2.09. The Labute approximate surface area is 135 Å². The molecular weight excluding hydrogens is 379 g/mol. The summed E-state index contributed by atoms with van der Waals surface area (Å²) in [5.41, 5.74) is 1.10. The van der Waals surface area contributed by atoms with Gasteiger partial charge in [-0.3, -0.25) is 4.99 Å². The van der Waals surface area contributed by atoms with Gasteiger partial charge in [0.1, 0.15) is 0 Å². The van der Waals surface area contributed by atoms with Crippen LogP contribution in [0.3, 0.4) is 0 Å². The maximum absolute atomic E-state index is 4.45. The molecule has 0 radical (unpaired) electrons. The molecule has 1 N–H and O–H groups in total. The molecule has 0 spiro atoms. The lowest BCUT2D eigenvalue weighted by Crippen LogP contribution is -2.39. The van der Waals surface area contributed by atoms with Gasteiger partial charge < -0.3 is 10.2 Å². The predicted octanol–water partition coefficient (Wildman–Crippen LogP) is 2.44. The largest absolute Gasteiger partial charge is 0.355 e. The topological polar surface area (TPSA) is 40.5 Å². The van der Waals surface area contributed by atoms with Crippen LogP contribution < -0.4 is 5.32 Å². The summed E-state index contributed by atoms with van der Waals surface area (Å²) in [5, 5.41) is 6.54. The van der Waals surface area contributed by atoms with Gasteiger partial charge in [0.05, 0.1) is 17.2 Å². The number of thiazole rings is 1. The third kappa shape index (κ3) is 6.24. The molecule has 7 heteroatoms. The molecule has 0 amide bonds. The van der Waals surface area contributed by atoms with E-state index < -0.39 is 0 Å².